The zero-order valence-corrected chi connectivity index (χ0v) is 10.9. The van der Waals surface area contributed by atoms with Crippen molar-refractivity contribution in [2.75, 3.05) is 6.54 Å². The number of carbonyl (C=O) groups is 1. The molecular formula is C13H15N3OS. The molecule has 0 radical (unpaired) electrons. The number of hydrogen-bond donors (Lipinski definition) is 1. The minimum absolute atomic E-state index is 0.0505. The summed E-state index contributed by atoms with van der Waals surface area (Å²) in [5.74, 6) is 0.0505. The highest BCUT2D eigenvalue weighted by molar-refractivity contribution is 7.14. The quantitative estimate of drug-likeness (QED) is 0.913. The van der Waals surface area contributed by atoms with E-state index in [-0.39, 0.29) is 5.91 Å². The van der Waals surface area contributed by atoms with Gasteiger partial charge in [0, 0.05) is 30.4 Å². The molecule has 0 saturated carbocycles. The second-order valence-corrected chi connectivity index (χ2v) is 5.61. The Kier molecular flexibility index (Phi) is 3.15. The highest BCUT2D eigenvalue weighted by Crippen LogP contribution is 2.30. The van der Waals surface area contributed by atoms with Crippen molar-refractivity contribution in [3.63, 3.8) is 0 Å². The molecule has 1 aliphatic carbocycles. The third-order valence-electron chi connectivity index (χ3n) is 3.19. The van der Waals surface area contributed by atoms with Gasteiger partial charge in [-0.15, -0.1) is 11.3 Å². The molecular weight excluding hydrogens is 246 g/mol. The number of carbonyl (C=O) groups excluding carboxylic acids is 1. The molecule has 2 heterocycles. The number of fused-ring (bicyclic) bond motifs is 1. The predicted molar refractivity (Wildman–Crippen MR) is 70.9 cm³/mol. The molecule has 18 heavy (non-hydrogen) atoms. The minimum Gasteiger partial charge on any atom is -0.350 e. The number of nitrogens with one attached hydrogen (secondary N) is 1. The number of nitrogens with zero attached hydrogens (tertiary/aromatic N) is 2. The van der Waals surface area contributed by atoms with Crippen LogP contribution in [0.4, 0.5) is 0 Å². The molecule has 0 atom stereocenters. The second kappa shape index (κ2) is 4.94. The van der Waals surface area contributed by atoms with Crippen molar-refractivity contribution >= 4 is 17.2 Å². The average molecular weight is 261 g/mol. The first-order valence-corrected chi connectivity index (χ1v) is 7.00. The lowest BCUT2D eigenvalue weighted by Crippen LogP contribution is -2.26. The van der Waals surface area contributed by atoms with Crippen LogP contribution in [-0.4, -0.2) is 22.0 Å². The number of rotatable bonds is 4. The Labute approximate surface area is 110 Å². The van der Waals surface area contributed by atoms with Crippen molar-refractivity contribution in [2.45, 2.75) is 25.8 Å². The smallest absolute Gasteiger partial charge is 0.261 e. The molecule has 94 valence electrons. The second-order valence-electron chi connectivity index (χ2n) is 4.47. The number of aryl methyl sites for hydroxylation is 2. The summed E-state index contributed by atoms with van der Waals surface area (Å²) in [6.45, 7) is 1.40. The van der Waals surface area contributed by atoms with Crippen LogP contribution in [0.1, 0.15) is 26.5 Å². The molecule has 2 aromatic heterocycles. The molecule has 4 nitrogen and oxygen atoms in total. The van der Waals surface area contributed by atoms with Gasteiger partial charge in [-0.3, -0.25) is 4.79 Å². The standard InChI is InChI=1S/C13H15N3OS/c17-13(15-5-7-16-6-4-14-9-16)12-8-10-2-1-3-11(10)18-12/h4,6,8-9H,1-3,5,7H2,(H,15,17). The Morgan fingerprint density at radius 3 is 3.22 bits per heavy atom. The van der Waals surface area contributed by atoms with Crippen LogP contribution in [0.2, 0.25) is 0 Å². The van der Waals surface area contributed by atoms with Gasteiger partial charge in [0.1, 0.15) is 0 Å². The van der Waals surface area contributed by atoms with Crippen molar-refractivity contribution in [3.05, 3.63) is 40.1 Å². The summed E-state index contributed by atoms with van der Waals surface area (Å²) in [4.78, 5) is 18.2. The first-order chi connectivity index (χ1) is 8.83. The van der Waals surface area contributed by atoms with E-state index >= 15 is 0 Å². The van der Waals surface area contributed by atoms with Crippen LogP contribution in [0, 0.1) is 0 Å². The van der Waals surface area contributed by atoms with Crippen molar-refractivity contribution in [2.24, 2.45) is 0 Å². The van der Waals surface area contributed by atoms with Gasteiger partial charge in [0.15, 0.2) is 0 Å². The molecule has 5 heteroatoms. The lowest BCUT2D eigenvalue weighted by Gasteiger charge is -2.04. The van der Waals surface area contributed by atoms with Crippen LogP contribution in [0.15, 0.2) is 24.8 Å². The van der Waals surface area contributed by atoms with Crippen molar-refractivity contribution in [3.8, 4) is 0 Å². The zero-order valence-electron chi connectivity index (χ0n) is 10.1. The summed E-state index contributed by atoms with van der Waals surface area (Å²) in [5, 5.41) is 2.95. The van der Waals surface area contributed by atoms with E-state index in [2.05, 4.69) is 16.4 Å². The van der Waals surface area contributed by atoms with E-state index in [1.54, 1.807) is 23.9 Å². The highest BCUT2D eigenvalue weighted by Gasteiger charge is 2.17. The van der Waals surface area contributed by atoms with Crippen LogP contribution in [-0.2, 0) is 19.4 Å². The van der Waals surface area contributed by atoms with Crippen LogP contribution < -0.4 is 5.32 Å². The van der Waals surface area contributed by atoms with Gasteiger partial charge in [-0.05, 0) is 30.9 Å². The Hall–Kier alpha value is -1.62. The molecule has 0 spiro atoms. The summed E-state index contributed by atoms with van der Waals surface area (Å²) < 4.78 is 1.95. The number of imidazole rings is 1. The maximum Gasteiger partial charge on any atom is 0.261 e. The first-order valence-electron chi connectivity index (χ1n) is 6.18. The van der Waals surface area contributed by atoms with Crippen LogP contribution in [0.3, 0.4) is 0 Å². The number of amides is 1. The van der Waals surface area contributed by atoms with Gasteiger partial charge in [-0.2, -0.15) is 0 Å². The molecule has 0 fully saturated rings. The lowest BCUT2D eigenvalue weighted by molar-refractivity contribution is 0.0956. The van der Waals surface area contributed by atoms with E-state index in [1.165, 1.54) is 16.9 Å². The Morgan fingerprint density at radius 1 is 1.50 bits per heavy atom. The molecule has 1 N–H and O–H groups in total. The Bertz CT molecular complexity index is 523. The highest BCUT2D eigenvalue weighted by atomic mass is 32.1. The van der Waals surface area contributed by atoms with E-state index in [1.807, 2.05) is 10.8 Å². The molecule has 1 amide bonds. The summed E-state index contributed by atoms with van der Waals surface area (Å²) >= 11 is 1.65. The molecule has 0 aromatic carbocycles. The largest absolute Gasteiger partial charge is 0.350 e. The molecule has 0 unspecified atom stereocenters. The van der Waals surface area contributed by atoms with Gasteiger partial charge in [0.05, 0.1) is 11.2 Å². The molecule has 0 saturated heterocycles. The van der Waals surface area contributed by atoms with Crippen molar-refractivity contribution < 1.29 is 4.79 Å². The van der Waals surface area contributed by atoms with E-state index in [0.717, 1.165) is 24.3 Å². The van der Waals surface area contributed by atoms with Gasteiger partial charge in [-0.1, -0.05) is 0 Å². The lowest BCUT2D eigenvalue weighted by atomic mass is 10.2. The Morgan fingerprint density at radius 2 is 2.44 bits per heavy atom. The maximum absolute atomic E-state index is 12.0. The topological polar surface area (TPSA) is 46.9 Å². The minimum atomic E-state index is 0.0505. The summed E-state index contributed by atoms with van der Waals surface area (Å²) in [5.41, 5.74) is 1.37. The van der Waals surface area contributed by atoms with Crippen LogP contribution in [0.5, 0.6) is 0 Å². The van der Waals surface area contributed by atoms with Crippen LogP contribution >= 0.6 is 11.3 Å². The molecule has 1 aliphatic rings. The van der Waals surface area contributed by atoms with Gasteiger partial charge < -0.3 is 9.88 Å². The third kappa shape index (κ3) is 2.31. The fraction of sp³-hybridized carbons (Fsp3) is 0.385. The summed E-state index contributed by atoms with van der Waals surface area (Å²) in [6, 6.07) is 2.06. The van der Waals surface area contributed by atoms with Gasteiger partial charge >= 0.3 is 0 Å². The van der Waals surface area contributed by atoms with Crippen molar-refractivity contribution in [1.29, 1.82) is 0 Å². The van der Waals surface area contributed by atoms with E-state index in [9.17, 15) is 4.79 Å². The SMILES string of the molecule is O=C(NCCn1ccnc1)c1cc2c(s1)CCC2. The fourth-order valence-corrected chi connectivity index (χ4v) is 3.42. The fourth-order valence-electron chi connectivity index (χ4n) is 2.25. The van der Waals surface area contributed by atoms with E-state index in [4.69, 9.17) is 0 Å². The third-order valence-corrected chi connectivity index (χ3v) is 4.42. The number of aromatic nitrogens is 2. The van der Waals surface area contributed by atoms with Gasteiger partial charge in [0.2, 0.25) is 0 Å². The van der Waals surface area contributed by atoms with Crippen LogP contribution in [0.25, 0.3) is 0 Å². The number of thiophene rings is 1. The first kappa shape index (κ1) is 11.5. The van der Waals surface area contributed by atoms with Crippen molar-refractivity contribution in [1.82, 2.24) is 14.9 Å². The monoisotopic (exact) mass is 261 g/mol. The zero-order chi connectivity index (χ0) is 12.4. The molecule has 0 bridgehead atoms. The van der Waals surface area contributed by atoms with Gasteiger partial charge in [-0.25, -0.2) is 4.98 Å². The molecule has 3 rings (SSSR count). The van der Waals surface area contributed by atoms with E-state index in [0.29, 0.717) is 6.54 Å². The molecule has 2 aromatic rings. The summed E-state index contributed by atoms with van der Waals surface area (Å²) in [6.07, 6.45) is 8.91. The maximum atomic E-state index is 12.0. The average Bonchev–Trinajstić information content (AvgIpc) is 3.04. The predicted octanol–water partition coefficient (Wildman–Crippen LogP) is 1.86. The van der Waals surface area contributed by atoms with E-state index < -0.39 is 0 Å². The Balaban J connectivity index is 1.54. The van der Waals surface area contributed by atoms with Gasteiger partial charge in [0.25, 0.3) is 5.91 Å². The molecule has 0 aliphatic heterocycles. The summed E-state index contributed by atoms with van der Waals surface area (Å²) in [7, 11) is 0. The normalized spacial score (nSPS) is 13.6. The number of hydrogen-bond acceptors (Lipinski definition) is 3.